The Morgan fingerprint density at radius 3 is 2.63 bits per heavy atom. The topological polar surface area (TPSA) is 63.7 Å². The number of carbonyl (C=O) groups is 3. The second-order valence-corrected chi connectivity index (χ2v) is 7.58. The Morgan fingerprint density at radius 1 is 1.19 bits per heavy atom. The van der Waals surface area contributed by atoms with Gasteiger partial charge in [-0.05, 0) is 43.0 Å². The number of amides is 2. The van der Waals surface area contributed by atoms with E-state index in [0.717, 1.165) is 21.1 Å². The van der Waals surface area contributed by atoms with E-state index in [1.807, 2.05) is 19.1 Å². The van der Waals surface area contributed by atoms with Crippen LogP contribution >= 0.6 is 27.7 Å². The summed E-state index contributed by atoms with van der Waals surface area (Å²) in [6.45, 7) is 2.08. The van der Waals surface area contributed by atoms with E-state index >= 15 is 0 Å². The lowest BCUT2D eigenvalue weighted by atomic mass is 10.1. The standard InChI is InChI=1S/C20H16BrNO4S/c1-2-26-17-9-8-15(21)10-14(17)11-18-19(24)22(20(25)27-18)12-16(23)13-6-4-3-5-7-13/h3-11H,2,12H2,1H3. The minimum absolute atomic E-state index is 0.264. The lowest BCUT2D eigenvalue weighted by Gasteiger charge is -2.11. The third-order valence-electron chi connectivity index (χ3n) is 3.83. The number of ketones is 1. The van der Waals surface area contributed by atoms with Crippen molar-refractivity contribution in [1.29, 1.82) is 0 Å². The summed E-state index contributed by atoms with van der Waals surface area (Å²) in [6.07, 6.45) is 1.62. The second-order valence-electron chi connectivity index (χ2n) is 5.67. The fourth-order valence-corrected chi connectivity index (χ4v) is 3.76. The molecule has 0 spiro atoms. The average molecular weight is 446 g/mol. The van der Waals surface area contributed by atoms with Crippen LogP contribution in [0.15, 0.2) is 57.9 Å². The number of ether oxygens (including phenoxy) is 1. The van der Waals surface area contributed by atoms with Crippen molar-refractivity contribution in [3.05, 3.63) is 69.0 Å². The van der Waals surface area contributed by atoms with Gasteiger partial charge >= 0.3 is 0 Å². The third-order valence-corrected chi connectivity index (χ3v) is 5.23. The van der Waals surface area contributed by atoms with Crippen LogP contribution in [-0.4, -0.2) is 35.0 Å². The van der Waals surface area contributed by atoms with E-state index in [9.17, 15) is 14.4 Å². The Balaban J connectivity index is 1.83. The van der Waals surface area contributed by atoms with Crippen molar-refractivity contribution < 1.29 is 19.1 Å². The largest absolute Gasteiger partial charge is 0.493 e. The van der Waals surface area contributed by atoms with Crippen molar-refractivity contribution in [2.24, 2.45) is 0 Å². The summed E-state index contributed by atoms with van der Waals surface area (Å²) in [4.78, 5) is 38.5. The first-order valence-electron chi connectivity index (χ1n) is 8.25. The Bertz CT molecular complexity index is 927. The first-order chi connectivity index (χ1) is 13.0. The molecule has 2 aromatic rings. The molecule has 1 aliphatic rings. The average Bonchev–Trinajstić information content (AvgIpc) is 2.92. The van der Waals surface area contributed by atoms with Gasteiger partial charge in [-0.3, -0.25) is 19.3 Å². The normalized spacial score (nSPS) is 15.5. The maximum absolute atomic E-state index is 12.7. The Morgan fingerprint density at radius 2 is 1.93 bits per heavy atom. The number of Topliss-reactive ketones (excluding diaryl/α,β-unsaturated/α-hetero) is 1. The van der Waals surface area contributed by atoms with Crippen LogP contribution in [0.2, 0.25) is 0 Å². The Hall–Kier alpha value is -2.38. The quantitative estimate of drug-likeness (QED) is 0.473. The maximum Gasteiger partial charge on any atom is 0.293 e. The summed E-state index contributed by atoms with van der Waals surface area (Å²) in [5.74, 6) is -0.138. The lowest BCUT2D eigenvalue weighted by Crippen LogP contribution is -2.33. The number of benzene rings is 2. The molecule has 1 aliphatic heterocycles. The Labute approximate surface area is 169 Å². The molecule has 2 aromatic carbocycles. The molecule has 0 saturated carbocycles. The first kappa shape index (κ1) is 19.4. The van der Waals surface area contributed by atoms with Crippen LogP contribution in [0.25, 0.3) is 6.08 Å². The van der Waals surface area contributed by atoms with Gasteiger partial charge in [-0.15, -0.1) is 0 Å². The highest BCUT2D eigenvalue weighted by Gasteiger charge is 2.36. The first-order valence-corrected chi connectivity index (χ1v) is 9.86. The van der Waals surface area contributed by atoms with Gasteiger partial charge in [-0.1, -0.05) is 46.3 Å². The molecular weight excluding hydrogens is 430 g/mol. The van der Waals surface area contributed by atoms with Crippen LogP contribution in [0, 0.1) is 0 Å². The maximum atomic E-state index is 12.7. The minimum atomic E-state index is -0.475. The van der Waals surface area contributed by atoms with E-state index in [1.54, 1.807) is 42.5 Å². The molecule has 5 nitrogen and oxygen atoms in total. The van der Waals surface area contributed by atoms with Crippen LogP contribution in [0.5, 0.6) is 5.75 Å². The summed E-state index contributed by atoms with van der Waals surface area (Å²) in [6, 6.07) is 14.0. The molecule has 0 bridgehead atoms. The highest BCUT2D eigenvalue weighted by Crippen LogP contribution is 2.35. The van der Waals surface area contributed by atoms with Crippen LogP contribution < -0.4 is 4.74 Å². The molecule has 1 fully saturated rings. The molecule has 27 heavy (non-hydrogen) atoms. The SMILES string of the molecule is CCOc1ccc(Br)cc1C=C1SC(=O)N(CC(=O)c2ccccc2)C1=O. The van der Waals surface area contributed by atoms with Crippen LogP contribution in [0.3, 0.4) is 0 Å². The summed E-state index contributed by atoms with van der Waals surface area (Å²) < 4.78 is 6.40. The number of hydrogen-bond acceptors (Lipinski definition) is 5. The van der Waals surface area contributed by atoms with E-state index in [1.165, 1.54) is 0 Å². The molecule has 138 valence electrons. The molecule has 7 heteroatoms. The van der Waals surface area contributed by atoms with Crippen molar-refractivity contribution >= 4 is 50.7 Å². The monoisotopic (exact) mass is 445 g/mol. The van der Waals surface area contributed by atoms with Gasteiger partial charge in [0.15, 0.2) is 5.78 Å². The number of rotatable bonds is 6. The van der Waals surface area contributed by atoms with Crippen LogP contribution in [-0.2, 0) is 4.79 Å². The lowest BCUT2D eigenvalue weighted by molar-refractivity contribution is -0.122. The van der Waals surface area contributed by atoms with Crippen molar-refractivity contribution in [3.63, 3.8) is 0 Å². The molecule has 0 aliphatic carbocycles. The molecule has 2 amide bonds. The van der Waals surface area contributed by atoms with Gasteiger partial charge in [0.2, 0.25) is 0 Å². The zero-order valence-electron chi connectivity index (χ0n) is 14.5. The number of imide groups is 1. The van der Waals surface area contributed by atoms with Gasteiger partial charge in [0.25, 0.3) is 11.1 Å². The molecule has 1 heterocycles. The second kappa shape index (κ2) is 8.54. The molecule has 0 N–H and O–H groups in total. The van der Waals surface area contributed by atoms with E-state index in [4.69, 9.17) is 4.74 Å². The minimum Gasteiger partial charge on any atom is -0.493 e. The molecule has 0 radical (unpaired) electrons. The van der Waals surface area contributed by atoms with E-state index in [2.05, 4.69) is 15.9 Å². The number of carbonyl (C=O) groups excluding carboxylic acids is 3. The molecule has 0 unspecified atom stereocenters. The number of halogens is 1. The van der Waals surface area contributed by atoms with Gasteiger partial charge in [0.1, 0.15) is 5.75 Å². The fourth-order valence-electron chi connectivity index (χ4n) is 2.56. The number of nitrogens with zero attached hydrogens (tertiary/aromatic N) is 1. The highest BCUT2D eigenvalue weighted by atomic mass is 79.9. The summed E-state index contributed by atoms with van der Waals surface area (Å²) >= 11 is 4.22. The van der Waals surface area contributed by atoms with Crippen molar-refractivity contribution in [2.45, 2.75) is 6.92 Å². The van der Waals surface area contributed by atoms with Crippen LogP contribution in [0.4, 0.5) is 4.79 Å². The summed E-state index contributed by atoms with van der Waals surface area (Å²) in [7, 11) is 0. The van der Waals surface area contributed by atoms with Gasteiger partial charge in [-0.2, -0.15) is 0 Å². The fraction of sp³-hybridized carbons (Fsp3) is 0.150. The summed E-state index contributed by atoms with van der Waals surface area (Å²) in [5.41, 5.74) is 1.15. The van der Waals surface area contributed by atoms with E-state index in [-0.39, 0.29) is 17.2 Å². The molecule has 0 atom stereocenters. The zero-order valence-corrected chi connectivity index (χ0v) is 16.9. The predicted molar refractivity (Wildman–Crippen MR) is 109 cm³/mol. The molecule has 0 aromatic heterocycles. The van der Waals surface area contributed by atoms with Gasteiger partial charge < -0.3 is 4.74 Å². The van der Waals surface area contributed by atoms with E-state index < -0.39 is 11.1 Å². The zero-order chi connectivity index (χ0) is 19.4. The van der Waals surface area contributed by atoms with E-state index in [0.29, 0.717) is 23.5 Å². The number of thioether (sulfide) groups is 1. The predicted octanol–water partition coefficient (Wildman–Crippen LogP) is 4.77. The van der Waals surface area contributed by atoms with Gasteiger partial charge in [0, 0.05) is 15.6 Å². The van der Waals surface area contributed by atoms with Crippen LogP contribution in [0.1, 0.15) is 22.8 Å². The Kier molecular flexibility index (Phi) is 6.13. The van der Waals surface area contributed by atoms with Gasteiger partial charge in [0.05, 0.1) is 18.1 Å². The van der Waals surface area contributed by atoms with Crippen molar-refractivity contribution in [2.75, 3.05) is 13.2 Å². The highest BCUT2D eigenvalue weighted by molar-refractivity contribution is 9.10. The molecule has 3 rings (SSSR count). The summed E-state index contributed by atoms with van der Waals surface area (Å²) in [5, 5.41) is -0.455. The third kappa shape index (κ3) is 4.48. The number of hydrogen-bond donors (Lipinski definition) is 0. The van der Waals surface area contributed by atoms with Crippen molar-refractivity contribution in [3.8, 4) is 5.75 Å². The molecule has 1 saturated heterocycles. The van der Waals surface area contributed by atoms with Crippen molar-refractivity contribution in [1.82, 2.24) is 4.90 Å². The smallest absolute Gasteiger partial charge is 0.293 e. The molecular formula is C20H16BrNO4S. The van der Waals surface area contributed by atoms with Gasteiger partial charge in [-0.25, -0.2) is 0 Å².